The van der Waals surface area contributed by atoms with Gasteiger partial charge in [-0.15, -0.1) is 0 Å². The second-order valence-electron chi connectivity index (χ2n) is 4.31. The minimum atomic E-state index is -0.401. The van der Waals surface area contributed by atoms with Crippen molar-refractivity contribution in [2.75, 3.05) is 32.1 Å². The van der Waals surface area contributed by atoms with Crippen molar-refractivity contribution in [3.63, 3.8) is 0 Å². The van der Waals surface area contributed by atoms with Crippen molar-refractivity contribution in [1.82, 2.24) is 5.32 Å². The fourth-order valence-electron chi connectivity index (χ4n) is 1.98. The molecule has 0 bridgehead atoms. The average Bonchev–Trinajstić information content (AvgIpc) is 2.46. The first-order chi connectivity index (χ1) is 9.20. The van der Waals surface area contributed by atoms with Crippen LogP contribution in [0.2, 0.25) is 0 Å². The Kier molecular flexibility index (Phi) is 4.35. The van der Waals surface area contributed by atoms with Crippen LogP contribution in [0.3, 0.4) is 0 Å². The SMILES string of the molecule is COc1ccc(NCC2=CCNCC2)c([N+](=O)[O-])c1. The largest absolute Gasteiger partial charge is 0.496 e. The first-order valence-electron chi connectivity index (χ1n) is 6.15. The van der Waals surface area contributed by atoms with Crippen LogP contribution < -0.4 is 15.4 Å². The van der Waals surface area contributed by atoms with E-state index >= 15 is 0 Å². The molecule has 1 aromatic rings. The van der Waals surface area contributed by atoms with Gasteiger partial charge in [-0.1, -0.05) is 11.6 Å². The third-order valence-corrected chi connectivity index (χ3v) is 3.07. The lowest BCUT2D eigenvalue weighted by Crippen LogP contribution is -2.23. The maximum atomic E-state index is 11.0. The average molecular weight is 263 g/mol. The third kappa shape index (κ3) is 3.45. The second-order valence-corrected chi connectivity index (χ2v) is 4.31. The number of nitro benzene ring substituents is 1. The fraction of sp³-hybridized carbons (Fsp3) is 0.385. The molecule has 1 aliphatic rings. The van der Waals surface area contributed by atoms with Crippen molar-refractivity contribution in [3.05, 3.63) is 40.0 Å². The highest BCUT2D eigenvalue weighted by atomic mass is 16.6. The van der Waals surface area contributed by atoms with E-state index in [9.17, 15) is 10.1 Å². The van der Waals surface area contributed by atoms with Crippen molar-refractivity contribution < 1.29 is 9.66 Å². The zero-order chi connectivity index (χ0) is 13.7. The number of benzene rings is 1. The van der Waals surface area contributed by atoms with Crippen LogP contribution in [0.5, 0.6) is 5.75 Å². The van der Waals surface area contributed by atoms with Gasteiger partial charge >= 0.3 is 0 Å². The number of rotatable bonds is 5. The standard InChI is InChI=1S/C13H17N3O3/c1-19-11-2-3-12(13(8-11)16(17)18)15-9-10-4-6-14-7-5-10/h2-4,8,14-15H,5-7,9H2,1H3. The van der Waals surface area contributed by atoms with E-state index in [0.29, 0.717) is 18.0 Å². The predicted molar refractivity (Wildman–Crippen MR) is 73.7 cm³/mol. The Morgan fingerprint density at radius 2 is 2.37 bits per heavy atom. The summed E-state index contributed by atoms with van der Waals surface area (Å²) in [6, 6.07) is 4.82. The number of hydrogen-bond acceptors (Lipinski definition) is 5. The Morgan fingerprint density at radius 3 is 3.00 bits per heavy atom. The first-order valence-corrected chi connectivity index (χ1v) is 6.15. The van der Waals surface area contributed by atoms with Gasteiger partial charge in [0.25, 0.3) is 5.69 Å². The van der Waals surface area contributed by atoms with Gasteiger partial charge < -0.3 is 15.4 Å². The predicted octanol–water partition coefficient (Wildman–Crippen LogP) is 1.93. The molecule has 0 spiro atoms. The molecule has 1 aliphatic heterocycles. The third-order valence-electron chi connectivity index (χ3n) is 3.07. The monoisotopic (exact) mass is 263 g/mol. The molecule has 0 saturated heterocycles. The van der Waals surface area contributed by atoms with Crippen molar-refractivity contribution >= 4 is 11.4 Å². The number of anilines is 1. The van der Waals surface area contributed by atoms with Crippen molar-refractivity contribution in [2.45, 2.75) is 6.42 Å². The van der Waals surface area contributed by atoms with Crippen LogP contribution in [-0.4, -0.2) is 31.7 Å². The maximum Gasteiger partial charge on any atom is 0.296 e. The molecule has 2 rings (SSSR count). The molecule has 0 radical (unpaired) electrons. The topological polar surface area (TPSA) is 76.4 Å². The number of nitro groups is 1. The summed E-state index contributed by atoms with van der Waals surface area (Å²) < 4.78 is 5.00. The fourth-order valence-corrected chi connectivity index (χ4v) is 1.98. The summed E-state index contributed by atoms with van der Waals surface area (Å²) in [7, 11) is 1.49. The number of nitrogens with zero attached hydrogens (tertiary/aromatic N) is 1. The van der Waals surface area contributed by atoms with Crippen molar-refractivity contribution in [1.29, 1.82) is 0 Å². The van der Waals surface area contributed by atoms with E-state index in [0.717, 1.165) is 19.5 Å². The number of ether oxygens (including phenoxy) is 1. The van der Waals surface area contributed by atoms with E-state index in [-0.39, 0.29) is 5.69 Å². The van der Waals surface area contributed by atoms with Crippen LogP contribution in [0.1, 0.15) is 6.42 Å². The summed E-state index contributed by atoms with van der Waals surface area (Å²) >= 11 is 0. The summed E-state index contributed by atoms with van der Waals surface area (Å²) in [5, 5.41) is 17.4. The lowest BCUT2D eigenvalue weighted by atomic mass is 10.1. The molecule has 0 amide bonds. The van der Waals surface area contributed by atoms with Crippen LogP contribution in [0, 0.1) is 10.1 Å². The summed E-state index contributed by atoms with van der Waals surface area (Å²) in [6.07, 6.45) is 3.09. The Bertz CT molecular complexity index is 500. The summed E-state index contributed by atoms with van der Waals surface area (Å²) in [6.45, 7) is 2.45. The van der Waals surface area contributed by atoms with Gasteiger partial charge in [0.1, 0.15) is 11.4 Å². The van der Waals surface area contributed by atoms with E-state index in [1.165, 1.54) is 18.7 Å². The highest BCUT2D eigenvalue weighted by Gasteiger charge is 2.15. The number of hydrogen-bond donors (Lipinski definition) is 2. The van der Waals surface area contributed by atoms with E-state index in [4.69, 9.17) is 4.74 Å². The molecule has 6 nitrogen and oxygen atoms in total. The number of methoxy groups -OCH3 is 1. The molecule has 1 heterocycles. The normalized spacial score (nSPS) is 14.7. The Balaban J connectivity index is 2.10. The van der Waals surface area contributed by atoms with Crippen LogP contribution >= 0.6 is 0 Å². The lowest BCUT2D eigenvalue weighted by molar-refractivity contribution is -0.384. The zero-order valence-electron chi connectivity index (χ0n) is 10.8. The maximum absolute atomic E-state index is 11.0. The first kappa shape index (κ1) is 13.4. The Morgan fingerprint density at radius 1 is 1.53 bits per heavy atom. The van der Waals surface area contributed by atoms with Gasteiger partial charge in [0.2, 0.25) is 0 Å². The van der Waals surface area contributed by atoms with E-state index in [1.54, 1.807) is 12.1 Å². The van der Waals surface area contributed by atoms with Gasteiger partial charge in [-0.2, -0.15) is 0 Å². The molecule has 102 valence electrons. The molecule has 0 aromatic heterocycles. The van der Waals surface area contributed by atoms with Crippen molar-refractivity contribution in [2.24, 2.45) is 0 Å². The van der Waals surface area contributed by atoms with E-state index in [1.807, 2.05) is 0 Å². The van der Waals surface area contributed by atoms with E-state index < -0.39 is 4.92 Å². The second kappa shape index (κ2) is 6.19. The Labute approximate surface area is 111 Å². The van der Waals surface area contributed by atoms with Gasteiger partial charge in [-0.05, 0) is 25.1 Å². The van der Waals surface area contributed by atoms with Crippen LogP contribution in [0.15, 0.2) is 29.8 Å². The molecule has 0 unspecified atom stereocenters. The van der Waals surface area contributed by atoms with Gasteiger partial charge in [-0.25, -0.2) is 0 Å². The smallest absolute Gasteiger partial charge is 0.296 e. The summed E-state index contributed by atoms with van der Waals surface area (Å²) in [5.74, 6) is 0.485. The van der Waals surface area contributed by atoms with Gasteiger partial charge in [0.15, 0.2) is 0 Å². The van der Waals surface area contributed by atoms with Crippen LogP contribution in [0.4, 0.5) is 11.4 Å². The molecule has 19 heavy (non-hydrogen) atoms. The summed E-state index contributed by atoms with van der Waals surface area (Å²) in [5.41, 5.74) is 1.82. The van der Waals surface area contributed by atoms with E-state index in [2.05, 4.69) is 16.7 Å². The molecule has 2 N–H and O–H groups in total. The highest BCUT2D eigenvalue weighted by molar-refractivity contribution is 5.64. The van der Waals surface area contributed by atoms with Gasteiger partial charge in [0, 0.05) is 13.1 Å². The molecule has 0 aliphatic carbocycles. The number of nitrogens with one attached hydrogen (secondary N) is 2. The molecule has 1 aromatic carbocycles. The zero-order valence-corrected chi connectivity index (χ0v) is 10.8. The Hall–Kier alpha value is -2.08. The quantitative estimate of drug-likeness (QED) is 0.482. The van der Waals surface area contributed by atoms with Crippen LogP contribution in [0.25, 0.3) is 0 Å². The minimum absolute atomic E-state index is 0.0360. The molecular weight excluding hydrogens is 246 g/mol. The molecule has 0 saturated carbocycles. The highest BCUT2D eigenvalue weighted by Crippen LogP contribution is 2.29. The van der Waals surface area contributed by atoms with Crippen molar-refractivity contribution in [3.8, 4) is 5.75 Å². The lowest BCUT2D eigenvalue weighted by Gasteiger charge is -2.15. The molecule has 0 fully saturated rings. The minimum Gasteiger partial charge on any atom is -0.496 e. The van der Waals surface area contributed by atoms with Gasteiger partial charge in [0.05, 0.1) is 18.1 Å². The van der Waals surface area contributed by atoms with Gasteiger partial charge in [-0.3, -0.25) is 10.1 Å². The summed E-state index contributed by atoms with van der Waals surface area (Å²) in [4.78, 5) is 10.6. The molecular formula is C13H17N3O3. The van der Waals surface area contributed by atoms with Crippen LogP contribution in [-0.2, 0) is 0 Å². The molecule has 6 heteroatoms. The molecule has 0 atom stereocenters.